The van der Waals surface area contributed by atoms with E-state index in [0.29, 0.717) is 11.5 Å². The molecule has 5 heteroatoms. The minimum atomic E-state index is 0.581. The zero-order valence-electron chi connectivity index (χ0n) is 28.9. The van der Waals surface area contributed by atoms with Crippen LogP contribution in [0.5, 0.6) is 0 Å². The van der Waals surface area contributed by atoms with Gasteiger partial charge in [-0.2, -0.15) is 0 Å². The molecular formula is C49H30N2O3. The minimum Gasteiger partial charge on any atom is -0.456 e. The summed E-state index contributed by atoms with van der Waals surface area (Å²) in [6, 6.07) is 62.8. The van der Waals surface area contributed by atoms with Crippen molar-refractivity contribution in [3.8, 4) is 33.7 Å². The molecule has 0 fully saturated rings. The van der Waals surface area contributed by atoms with Gasteiger partial charge in [-0.25, -0.2) is 4.98 Å². The van der Waals surface area contributed by atoms with E-state index in [9.17, 15) is 0 Å². The highest BCUT2D eigenvalue weighted by Crippen LogP contribution is 2.47. The highest BCUT2D eigenvalue weighted by atomic mass is 16.4. The van der Waals surface area contributed by atoms with Gasteiger partial charge < -0.3 is 18.2 Å². The van der Waals surface area contributed by atoms with Gasteiger partial charge >= 0.3 is 0 Å². The Morgan fingerprint density at radius 1 is 0.389 bits per heavy atom. The summed E-state index contributed by atoms with van der Waals surface area (Å²) < 4.78 is 19.6. The Morgan fingerprint density at radius 2 is 1.02 bits per heavy atom. The van der Waals surface area contributed by atoms with Crippen LogP contribution in [0, 0.1) is 0 Å². The fraction of sp³-hybridized carbons (Fsp3) is 0. The summed E-state index contributed by atoms with van der Waals surface area (Å²) in [7, 11) is 0. The van der Waals surface area contributed by atoms with Crippen LogP contribution < -0.4 is 4.90 Å². The second kappa shape index (κ2) is 12.1. The molecule has 0 bridgehead atoms. The number of oxazole rings is 1. The Balaban J connectivity index is 1.18. The lowest BCUT2D eigenvalue weighted by Gasteiger charge is -2.27. The molecule has 0 radical (unpaired) electrons. The Kier molecular flexibility index (Phi) is 6.79. The van der Waals surface area contributed by atoms with Gasteiger partial charge in [0.25, 0.3) is 0 Å². The Bertz CT molecular complexity index is 3160. The molecule has 3 heterocycles. The lowest BCUT2D eigenvalue weighted by molar-refractivity contribution is 0.622. The number of nitrogens with zero attached hydrogens (tertiary/aromatic N) is 2. The van der Waals surface area contributed by atoms with Crippen molar-refractivity contribution < 1.29 is 13.3 Å². The molecule has 3 aromatic heterocycles. The van der Waals surface area contributed by atoms with Crippen molar-refractivity contribution in [2.45, 2.75) is 0 Å². The summed E-state index contributed by atoms with van der Waals surface area (Å²) in [4.78, 5) is 7.16. The molecule has 54 heavy (non-hydrogen) atoms. The van der Waals surface area contributed by atoms with Gasteiger partial charge in [-0.3, -0.25) is 0 Å². The summed E-state index contributed by atoms with van der Waals surface area (Å²) in [6.07, 6.45) is 0. The van der Waals surface area contributed by atoms with Crippen LogP contribution in [0.1, 0.15) is 0 Å². The second-order valence-corrected chi connectivity index (χ2v) is 13.5. The van der Waals surface area contributed by atoms with Crippen molar-refractivity contribution in [3.63, 3.8) is 0 Å². The maximum absolute atomic E-state index is 6.83. The van der Waals surface area contributed by atoms with Gasteiger partial charge in [0, 0.05) is 33.1 Å². The summed E-state index contributed by atoms with van der Waals surface area (Å²) in [5.41, 5.74) is 13.1. The minimum absolute atomic E-state index is 0.581. The molecular weight excluding hydrogens is 665 g/mol. The zero-order chi connectivity index (χ0) is 35.6. The van der Waals surface area contributed by atoms with Gasteiger partial charge in [0.05, 0.1) is 11.1 Å². The zero-order valence-corrected chi connectivity index (χ0v) is 28.9. The SMILES string of the molecule is c1ccc(-c2nc3ccc4oc5c(N(c6ccc(-c7ccccc7)c(-c7ccccc7)c6)c6ccc7oc8ccccc8c7c6)cccc5c4c3o2)cc1. The molecule has 0 aliphatic rings. The van der Waals surface area contributed by atoms with Gasteiger partial charge in [0.15, 0.2) is 11.2 Å². The third kappa shape index (κ3) is 4.83. The molecule has 0 saturated carbocycles. The molecule has 11 aromatic rings. The molecule has 0 N–H and O–H groups in total. The monoisotopic (exact) mass is 694 g/mol. The average Bonchev–Trinajstić information content (AvgIpc) is 3.96. The highest BCUT2D eigenvalue weighted by molar-refractivity contribution is 6.19. The third-order valence-corrected chi connectivity index (χ3v) is 10.3. The number of benzene rings is 8. The lowest BCUT2D eigenvalue weighted by atomic mass is 9.93. The topological polar surface area (TPSA) is 55.6 Å². The molecule has 0 aliphatic carbocycles. The van der Waals surface area contributed by atoms with Gasteiger partial charge in [-0.1, -0.05) is 115 Å². The van der Waals surface area contributed by atoms with Crippen molar-refractivity contribution in [1.29, 1.82) is 0 Å². The molecule has 0 aliphatic heterocycles. The summed E-state index contributed by atoms with van der Waals surface area (Å²) >= 11 is 0. The van der Waals surface area contributed by atoms with E-state index in [-0.39, 0.29) is 0 Å². The fourth-order valence-electron chi connectivity index (χ4n) is 7.81. The summed E-state index contributed by atoms with van der Waals surface area (Å²) in [5, 5.41) is 3.97. The van der Waals surface area contributed by atoms with Gasteiger partial charge in [-0.05, 0) is 89.0 Å². The molecule has 5 nitrogen and oxygen atoms in total. The fourth-order valence-corrected chi connectivity index (χ4v) is 7.81. The number of aromatic nitrogens is 1. The van der Waals surface area contributed by atoms with Gasteiger partial charge in [0.1, 0.15) is 22.3 Å². The largest absolute Gasteiger partial charge is 0.456 e. The van der Waals surface area contributed by atoms with Crippen LogP contribution in [0.15, 0.2) is 195 Å². The first-order valence-corrected chi connectivity index (χ1v) is 18.0. The summed E-state index contributed by atoms with van der Waals surface area (Å²) in [6.45, 7) is 0. The molecule has 0 unspecified atom stereocenters. The van der Waals surface area contributed by atoms with Crippen LogP contribution in [0.4, 0.5) is 17.1 Å². The van der Waals surface area contributed by atoms with E-state index in [1.807, 2.05) is 54.6 Å². The van der Waals surface area contributed by atoms with Crippen LogP contribution in [0.3, 0.4) is 0 Å². The normalized spacial score (nSPS) is 11.7. The number of furan rings is 2. The second-order valence-electron chi connectivity index (χ2n) is 13.5. The van der Waals surface area contributed by atoms with Crippen LogP contribution >= 0.6 is 0 Å². The summed E-state index contributed by atoms with van der Waals surface area (Å²) in [5.74, 6) is 0.581. The first kappa shape index (κ1) is 30.3. The van der Waals surface area contributed by atoms with E-state index in [4.69, 9.17) is 18.2 Å². The van der Waals surface area contributed by atoms with Crippen LogP contribution in [0.2, 0.25) is 0 Å². The standard InChI is InChI=1S/C49H30N2O3/c1-4-13-31(14-5-1)36-25-23-34(29-39(36)32-15-6-2-7-16-32)51(35-24-27-44-40(30-35)37-19-10-11-22-43(37)52-44)42-21-12-20-38-46-45(53-47(38)42)28-26-41-48(46)54-49(50-41)33-17-8-3-9-18-33/h1-30H. The molecule has 0 spiro atoms. The predicted octanol–water partition coefficient (Wildman–Crippen LogP) is 14.1. The Labute approximate surface area is 309 Å². The number of fused-ring (bicyclic) bond motifs is 8. The molecule has 0 amide bonds. The van der Waals surface area contributed by atoms with E-state index in [1.165, 1.54) is 0 Å². The van der Waals surface area contributed by atoms with Crippen molar-refractivity contribution in [2.24, 2.45) is 0 Å². The molecule has 254 valence electrons. The van der Waals surface area contributed by atoms with Crippen LogP contribution in [-0.2, 0) is 0 Å². The molecule has 8 aromatic carbocycles. The van der Waals surface area contributed by atoms with Crippen molar-refractivity contribution in [1.82, 2.24) is 4.98 Å². The van der Waals surface area contributed by atoms with E-state index < -0.39 is 0 Å². The third-order valence-electron chi connectivity index (χ3n) is 10.3. The smallest absolute Gasteiger partial charge is 0.227 e. The van der Waals surface area contributed by atoms with Crippen molar-refractivity contribution in [3.05, 3.63) is 182 Å². The number of hydrogen-bond acceptors (Lipinski definition) is 5. The number of rotatable bonds is 6. The maximum atomic E-state index is 6.83. The Hall–Kier alpha value is -7.37. The van der Waals surface area contributed by atoms with Gasteiger partial charge in [-0.15, -0.1) is 0 Å². The van der Waals surface area contributed by atoms with E-state index >= 15 is 0 Å². The number of anilines is 3. The average molecular weight is 695 g/mol. The molecule has 11 rings (SSSR count). The predicted molar refractivity (Wildman–Crippen MR) is 220 cm³/mol. The Morgan fingerprint density at radius 3 is 1.81 bits per heavy atom. The van der Waals surface area contributed by atoms with E-state index in [2.05, 4.69) is 132 Å². The first-order valence-electron chi connectivity index (χ1n) is 18.0. The lowest BCUT2D eigenvalue weighted by Crippen LogP contribution is -2.10. The van der Waals surface area contributed by atoms with Crippen LogP contribution in [-0.4, -0.2) is 4.98 Å². The number of para-hydroxylation sites is 2. The highest BCUT2D eigenvalue weighted by Gasteiger charge is 2.24. The maximum Gasteiger partial charge on any atom is 0.227 e. The molecule has 0 saturated heterocycles. The van der Waals surface area contributed by atoms with Gasteiger partial charge in [0.2, 0.25) is 5.89 Å². The van der Waals surface area contributed by atoms with E-state index in [0.717, 1.165) is 94.3 Å². The number of hydrogen-bond donors (Lipinski definition) is 0. The first-order chi connectivity index (χ1) is 26.8. The quantitative estimate of drug-likeness (QED) is 0.173. The van der Waals surface area contributed by atoms with E-state index in [1.54, 1.807) is 0 Å². The van der Waals surface area contributed by atoms with Crippen molar-refractivity contribution in [2.75, 3.05) is 4.90 Å². The van der Waals surface area contributed by atoms with Crippen molar-refractivity contribution >= 4 is 72.0 Å². The van der Waals surface area contributed by atoms with Crippen LogP contribution in [0.25, 0.3) is 88.7 Å². The molecule has 0 atom stereocenters.